The molecule has 2 unspecified atom stereocenters. The topological polar surface area (TPSA) is 29.3 Å². The summed E-state index contributed by atoms with van der Waals surface area (Å²) in [4.78, 5) is 2.42. The van der Waals surface area contributed by atoms with Gasteiger partial charge < -0.3 is 5.73 Å². The average molecular weight is 292 g/mol. The van der Waals surface area contributed by atoms with Crippen LogP contribution in [0.1, 0.15) is 45.1 Å². The summed E-state index contributed by atoms with van der Waals surface area (Å²) >= 11 is 0. The van der Waals surface area contributed by atoms with Gasteiger partial charge in [0.15, 0.2) is 0 Å². The van der Waals surface area contributed by atoms with Gasteiger partial charge in [-0.3, -0.25) is 4.90 Å². The molecule has 0 bridgehead atoms. The number of rotatable bonds is 5. The zero-order valence-electron chi connectivity index (χ0n) is 13.6. The summed E-state index contributed by atoms with van der Waals surface area (Å²) in [7, 11) is 2.18. The molecule has 2 atom stereocenters. The molecule has 2 rings (SSSR count). The lowest BCUT2D eigenvalue weighted by atomic mass is 9.67. The minimum Gasteiger partial charge on any atom is -0.329 e. The van der Waals surface area contributed by atoms with Crippen LogP contribution in [0.4, 0.5) is 4.39 Å². The van der Waals surface area contributed by atoms with Crippen molar-refractivity contribution in [3.63, 3.8) is 0 Å². The van der Waals surface area contributed by atoms with E-state index in [9.17, 15) is 4.39 Å². The number of benzene rings is 1. The van der Waals surface area contributed by atoms with Crippen molar-refractivity contribution in [3.8, 4) is 0 Å². The lowest BCUT2D eigenvalue weighted by molar-refractivity contribution is -0.00184. The molecule has 1 saturated carbocycles. The van der Waals surface area contributed by atoms with E-state index < -0.39 is 0 Å². The molecule has 0 spiro atoms. The molecule has 2 nitrogen and oxygen atoms in total. The van der Waals surface area contributed by atoms with Gasteiger partial charge in [0, 0.05) is 18.6 Å². The molecule has 1 aromatic rings. The van der Waals surface area contributed by atoms with E-state index in [4.69, 9.17) is 5.73 Å². The second-order valence-electron chi connectivity index (χ2n) is 6.89. The summed E-state index contributed by atoms with van der Waals surface area (Å²) in [6.07, 6.45) is 5.01. The van der Waals surface area contributed by atoms with Crippen molar-refractivity contribution in [1.82, 2.24) is 4.90 Å². The van der Waals surface area contributed by atoms with Crippen LogP contribution >= 0.6 is 0 Å². The minimum absolute atomic E-state index is 0.0841. The molecule has 0 radical (unpaired) electrons. The van der Waals surface area contributed by atoms with Gasteiger partial charge in [-0.25, -0.2) is 4.39 Å². The second-order valence-corrected chi connectivity index (χ2v) is 6.89. The van der Waals surface area contributed by atoms with Crippen LogP contribution < -0.4 is 5.73 Å². The summed E-state index contributed by atoms with van der Waals surface area (Å²) in [6.45, 7) is 6.16. The third-order valence-electron chi connectivity index (χ3n) is 5.32. The second kappa shape index (κ2) is 6.89. The summed E-state index contributed by atoms with van der Waals surface area (Å²) in [5, 5.41) is 0. The maximum absolute atomic E-state index is 13.1. The van der Waals surface area contributed by atoms with Crippen LogP contribution in [0.25, 0.3) is 0 Å². The first-order valence-corrected chi connectivity index (χ1v) is 8.15. The van der Waals surface area contributed by atoms with Gasteiger partial charge in [0.25, 0.3) is 0 Å². The number of nitrogens with two attached hydrogens (primary N) is 1. The first-order chi connectivity index (χ1) is 9.99. The predicted molar refractivity (Wildman–Crippen MR) is 86.4 cm³/mol. The third-order valence-corrected chi connectivity index (χ3v) is 5.32. The molecule has 1 aliphatic rings. The van der Waals surface area contributed by atoms with Crippen LogP contribution in [-0.4, -0.2) is 24.0 Å². The van der Waals surface area contributed by atoms with Crippen molar-refractivity contribution in [2.75, 3.05) is 13.6 Å². The first kappa shape index (κ1) is 16.4. The van der Waals surface area contributed by atoms with Crippen LogP contribution in [0.3, 0.4) is 0 Å². The molecule has 21 heavy (non-hydrogen) atoms. The average Bonchev–Trinajstić information content (AvgIpc) is 2.49. The summed E-state index contributed by atoms with van der Waals surface area (Å²) in [5.74, 6) is 1.11. The molecule has 0 amide bonds. The molecular formula is C18H29FN2. The van der Waals surface area contributed by atoms with Gasteiger partial charge in [-0.05, 0) is 49.4 Å². The molecule has 0 saturated heterocycles. The number of hydrogen-bond acceptors (Lipinski definition) is 2. The molecule has 0 aliphatic heterocycles. The Morgan fingerprint density at radius 3 is 2.52 bits per heavy atom. The smallest absolute Gasteiger partial charge is 0.123 e. The van der Waals surface area contributed by atoms with Crippen LogP contribution in [0, 0.1) is 17.7 Å². The fourth-order valence-corrected chi connectivity index (χ4v) is 4.11. The Balaban J connectivity index is 2.19. The molecule has 0 heterocycles. The molecule has 0 aromatic heterocycles. The van der Waals surface area contributed by atoms with Gasteiger partial charge in [-0.1, -0.05) is 38.8 Å². The van der Waals surface area contributed by atoms with Crippen LogP contribution in [0.15, 0.2) is 24.3 Å². The van der Waals surface area contributed by atoms with Crippen molar-refractivity contribution < 1.29 is 4.39 Å². The monoisotopic (exact) mass is 292 g/mol. The highest BCUT2D eigenvalue weighted by Gasteiger charge is 2.43. The highest BCUT2D eigenvalue weighted by Crippen LogP contribution is 2.41. The standard InChI is InChI=1S/C18H29FN2/c1-14(2)17-6-4-5-11-18(17,13-20)21(3)12-15-7-9-16(19)10-8-15/h7-10,14,17H,4-6,11-13,20H2,1-3H3. The normalized spacial score (nSPS) is 26.5. The lowest BCUT2D eigenvalue weighted by Gasteiger charge is -2.51. The number of hydrogen-bond donors (Lipinski definition) is 1. The first-order valence-electron chi connectivity index (χ1n) is 8.15. The molecule has 3 heteroatoms. The third kappa shape index (κ3) is 3.46. The van der Waals surface area contributed by atoms with Gasteiger partial charge >= 0.3 is 0 Å². The van der Waals surface area contributed by atoms with Crippen molar-refractivity contribution in [2.45, 2.75) is 51.6 Å². The van der Waals surface area contributed by atoms with Crippen LogP contribution in [0.2, 0.25) is 0 Å². The van der Waals surface area contributed by atoms with E-state index in [-0.39, 0.29) is 11.4 Å². The Hall–Kier alpha value is -0.930. The van der Waals surface area contributed by atoms with Gasteiger partial charge in [-0.2, -0.15) is 0 Å². The molecular weight excluding hydrogens is 263 g/mol. The zero-order valence-corrected chi connectivity index (χ0v) is 13.6. The van der Waals surface area contributed by atoms with E-state index in [1.165, 1.54) is 25.7 Å². The van der Waals surface area contributed by atoms with E-state index >= 15 is 0 Å². The molecule has 1 aromatic carbocycles. The van der Waals surface area contributed by atoms with E-state index in [2.05, 4.69) is 25.8 Å². The maximum Gasteiger partial charge on any atom is 0.123 e. The Morgan fingerprint density at radius 1 is 1.29 bits per heavy atom. The van der Waals surface area contributed by atoms with Crippen LogP contribution in [0.5, 0.6) is 0 Å². The molecule has 2 N–H and O–H groups in total. The van der Waals surface area contributed by atoms with Crippen molar-refractivity contribution >= 4 is 0 Å². The predicted octanol–water partition coefficient (Wildman–Crippen LogP) is 3.80. The Labute approximate surface area is 128 Å². The van der Waals surface area contributed by atoms with Crippen molar-refractivity contribution in [2.24, 2.45) is 17.6 Å². The fraction of sp³-hybridized carbons (Fsp3) is 0.667. The Kier molecular flexibility index (Phi) is 5.39. The van der Waals surface area contributed by atoms with E-state index in [1.807, 2.05) is 12.1 Å². The summed E-state index contributed by atoms with van der Waals surface area (Å²) in [6, 6.07) is 6.84. The van der Waals surface area contributed by atoms with E-state index in [1.54, 1.807) is 12.1 Å². The Bertz CT molecular complexity index is 443. The minimum atomic E-state index is -0.173. The van der Waals surface area contributed by atoms with E-state index in [0.29, 0.717) is 18.4 Å². The SMILES string of the molecule is CC(C)C1CCCCC1(CN)N(C)Cc1ccc(F)cc1. The largest absolute Gasteiger partial charge is 0.329 e. The zero-order chi connectivity index (χ0) is 15.5. The fourth-order valence-electron chi connectivity index (χ4n) is 4.11. The van der Waals surface area contributed by atoms with Gasteiger partial charge in [0.1, 0.15) is 5.82 Å². The molecule has 1 aliphatic carbocycles. The van der Waals surface area contributed by atoms with Crippen LogP contribution in [-0.2, 0) is 6.54 Å². The van der Waals surface area contributed by atoms with Crippen molar-refractivity contribution in [1.29, 1.82) is 0 Å². The quantitative estimate of drug-likeness (QED) is 0.894. The number of nitrogens with zero attached hydrogens (tertiary/aromatic N) is 1. The van der Waals surface area contributed by atoms with Crippen molar-refractivity contribution in [3.05, 3.63) is 35.6 Å². The highest BCUT2D eigenvalue weighted by atomic mass is 19.1. The highest BCUT2D eigenvalue weighted by molar-refractivity contribution is 5.16. The summed E-state index contributed by atoms with van der Waals surface area (Å²) < 4.78 is 13.1. The number of likely N-dealkylation sites (N-methyl/N-ethyl adjacent to an activating group) is 1. The molecule has 118 valence electrons. The Morgan fingerprint density at radius 2 is 1.95 bits per heavy atom. The van der Waals surface area contributed by atoms with Gasteiger partial charge in [0.05, 0.1) is 0 Å². The maximum atomic E-state index is 13.1. The van der Waals surface area contributed by atoms with Gasteiger partial charge in [0.2, 0.25) is 0 Å². The molecule has 1 fully saturated rings. The summed E-state index contributed by atoms with van der Waals surface area (Å²) in [5.41, 5.74) is 7.48. The number of halogens is 1. The van der Waals surface area contributed by atoms with Gasteiger partial charge in [-0.15, -0.1) is 0 Å². The van der Waals surface area contributed by atoms with E-state index in [0.717, 1.165) is 12.1 Å². The lowest BCUT2D eigenvalue weighted by Crippen LogP contribution is -2.59.